The molecule has 2 aromatic rings. The van der Waals surface area contributed by atoms with Gasteiger partial charge in [-0.2, -0.15) is 0 Å². The largest absolute Gasteiger partial charge is 0.494 e. The summed E-state index contributed by atoms with van der Waals surface area (Å²) in [4.78, 5) is 16.6. The number of pyridine rings is 1. The number of hydrogen-bond donors (Lipinski definition) is 2. The Kier molecular flexibility index (Phi) is 4.39. The van der Waals surface area contributed by atoms with Crippen molar-refractivity contribution in [3.63, 3.8) is 0 Å². The van der Waals surface area contributed by atoms with E-state index in [9.17, 15) is 4.79 Å². The summed E-state index contributed by atoms with van der Waals surface area (Å²) in [5, 5.41) is 6.57. The normalized spacial score (nSPS) is 16.2. The average molecular weight is 332 g/mol. The summed E-state index contributed by atoms with van der Waals surface area (Å²) in [6.07, 6.45) is 3.89. The van der Waals surface area contributed by atoms with Crippen LogP contribution in [0, 0.1) is 5.92 Å². The number of hydrogen-bond acceptors (Lipinski definition) is 4. The lowest BCUT2D eigenvalue weighted by molar-refractivity contribution is 0.102. The van der Waals surface area contributed by atoms with Crippen molar-refractivity contribution in [1.29, 1.82) is 0 Å². The van der Waals surface area contributed by atoms with Gasteiger partial charge in [-0.3, -0.25) is 9.78 Å². The van der Waals surface area contributed by atoms with Gasteiger partial charge >= 0.3 is 0 Å². The Labute approximate surface area is 140 Å². The summed E-state index contributed by atoms with van der Waals surface area (Å²) in [6, 6.07) is 5.90. The molecule has 3 rings (SSSR count). The molecule has 0 saturated heterocycles. The van der Waals surface area contributed by atoms with Gasteiger partial charge in [-0.1, -0.05) is 30.7 Å². The van der Waals surface area contributed by atoms with E-state index >= 15 is 0 Å². The molecule has 1 aliphatic rings. The molecule has 1 aliphatic heterocycles. The summed E-state index contributed by atoms with van der Waals surface area (Å²) in [5.74, 6) is 0.604. The van der Waals surface area contributed by atoms with E-state index in [1.165, 1.54) is 25.1 Å². The second kappa shape index (κ2) is 6.46. The topological polar surface area (TPSA) is 63.2 Å². The van der Waals surface area contributed by atoms with E-state index in [0.29, 0.717) is 11.7 Å². The van der Waals surface area contributed by atoms with Crippen molar-refractivity contribution in [2.24, 2.45) is 5.92 Å². The van der Waals surface area contributed by atoms with Crippen LogP contribution in [-0.2, 0) is 6.42 Å². The van der Waals surface area contributed by atoms with E-state index in [2.05, 4.69) is 28.6 Å². The van der Waals surface area contributed by atoms with Crippen LogP contribution >= 0.6 is 11.6 Å². The molecule has 6 heteroatoms. The molecule has 0 spiro atoms. The molecule has 1 aromatic heterocycles. The third-order valence-electron chi connectivity index (χ3n) is 3.91. The fourth-order valence-corrected chi connectivity index (χ4v) is 3.02. The Hall–Kier alpha value is -2.27. The number of nitrogens with zero attached hydrogens (tertiary/aromatic N) is 1. The molecule has 2 N–H and O–H groups in total. The number of amides is 1. The van der Waals surface area contributed by atoms with Gasteiger partial charge in [0.05, 0.1) is 29.7 Å². The molecule has 1 atom stereocenters. The van der Waals surface area contributed by atoms with Crippen molar-refractivity contribution in [3.05, 3.63) is 46.7 Å². The monoisotopic (exact) mass is 331 g/mol. The van der Waals surface area contributed by atoms with E-state index in [-0.39, 0.29) is 16.5 Å². The Morgan fingerprint density at radius 1 is 1.43 bits per heavy atom. The minimum Gasteiger partial charge on any atom is -0.494 e. The van der Waals surface area contributed by atoms with E-state index in [4.69, 9.17) is 16.3 Å². The first kappa shape index (κ1) is 15.6. The SMILES string of the molecule is COc1cncc(Cl)c1C(=O)Nc1cccc2c1NCC(C)C2. The van der Waals surface area contributed by atoms with Gasteiger partial charge in [0.15, 0.2) is 5.75 Å². The Morgan fingerprint density at radius 2 is 2.26 bits per heavy atom. The zero-order chi connectivity index (χ0) is 16.4. The van der Waals surface area contributed by atoms with Crippen molar-refractivity contribution < 1.29 is 9.53 Å². The zero-order valence-electron chi connectivity index (χ0n) is 13.0. The van der Waals surface area contributed by atoms with Crippen LogP contribution in [0.4, 0.5) is 11.4 Å². The quantitative estimate of drug-likeness (QED) is 0.902. The summed E-state index contributed by atoms with van der Waals surface area (Å²) >= 11 is 6.11. The summed E-state index contributed by atoms with van der Waals surface area (Å²) in [7, 11) is 1.48. The summed E-state index contributed by atoms with van der Waals surface area (Å²) < 4.78 is 5.19. The van der Waals surface area contributed by atoms with Crippen LogP contribution in [0.3, 0.4) is 0 Å². The number of fused-ring (bicyclic) bond motifs is 1. The highest BCUT2D eigenvalue weighted by Gasteiger charge is 2.21. The fraction of sp³-hybridized carbons (Fsp3) is 0.294. The standard InChI is InChI=1S/C17H18ClN3O2/c1-10-6-11-4-3-5-13(16(11)20-7-10)21-17(22)15-12(18)8-19-9-14(15)23-2/h3-5,8-10,20H,6-7H2,1-2H3,(H,21,22). The lowest BCUT2D eigenvalue weighted by Crippen LogP contribution is -2.23. The van der Waals surface area contributed by atoms with E-state index in [1.807, 2.05) is 12.1 Å². The molecule has 2 heterocycles. The number of carbonyl (C=O) groups is 1. The van der Waals surface area contributed by atoms with Crippen LogP contribution in [0.5, 0.6) is 5.75 Å². The number of anilines is 2. The number of benzene rings is 1. The number of rotatable bonds is 3. The third kappa shape index (κ3) is 3.10. The van der Waals surface area contributed by atoms with Crippen molar-refractivity contribution in [2.45, 2.75) is 13.3 Å². The van der Waals surface area contributed by atoms with Crippen molar-refractivity contribution >= 4 is 28.9 Å². The minimum absolute atomic E-state index is 0.258. The fourth-order valence-electron chi connectivity index (χ4n) is 2.78. The minimum atomic E-state index is -0.317. The predicted octanol–water partition coefficient (Wildman–Crippen LogP) is 3.60. The van der Waals surface area contributed by atoms with Crippen LogP contribution < -0.4 is 15.4 Å². The van der Waals surface area contributed by atoms with Crippen LogP contribution in [0.25, 0.3) is 0 Å². The highest BCUT2D eigenvalue weighted by molar-refractivity contribution is 6.34. The third-order valence-corrected chi connectivity index (χ3v) is 4.19. The molecule has 1 unspecified atom stereocenters. The van der Waals surface area contributed by atoms with Crippen LogP contribution in [0.1, 0.15) is 22.8 Å². The smallest absolute Gasteiger partial charge is 0.261 e. The van der Waals surface area contributed by atoms with Crippen molar-refractivity contribution in [1.82, 2.24) is 4.98 Å². The van der Waals surface area contributed by atoms with Crippen LogP contribution in [0.15, 0.2) is 30.6 Å². The molecule has 0 bridgehead atoms. The van der Waals surface area contributed by atoms with E-state index in [0.717, 1.165) is 24.3 Å². The van der Waals surface area contributed by atoms with Gasteiger partial charge in [0.2, 0.25) is 0 Å². The molecule has 0 saturated carbocycles. The highest BCUT2D eigenvalue weighted by Crippen LogP contribution is 2.33. The highest BCUT2D eigenvalue weighted by atomic mass is 35.5. The van der Waals surface area contributed by atoms with Gasteiger partial charge in [-0.15, -0.1) is 0 Å². The van der Waals surface area contributed by atoms with E-state index in [1.54, 1.807) is 0 Å². The number of methoxy groups -OCH3 is 1. The second-order valence-electron chi connectivity index (χ2n) is 5.68. The van der Waals surface area contributed by atoms with Gasteiger partial charge < -0.3 is 15.4 Å². The molecule has 23 heavy (non-hydrogen) atoms. The van der Waals surface area contributed by atoms with Gasteiger partial charge in [-0.05, 0) is 24.0 Å². The number of nitrogens with one attached hydrogen (secondary N) is 2. The summed E-state index contributed by atoms with van der Waals surface area (Å²) in [5.41, 5.74) is 3.21. The first-order valence-corrected chi connectivity index (χ1v) is 7.82. The number of halogens is 1. The maximum absolute atomic E-state index is 12.6. The lowest BCUT2D eigenvalue weighted by Gasteiger charge is -2.25. The van der Waals surface area contributed by atoms with Crippen LogP contribution in [-0.4, -0.2) is 24.5 Å². The van der Waals surface area contributed by atoms with Gasteiger partial charge in [0.1, 0.15) is 5.56 Å². The van der Waals surface area contributed by atoms with Gasteiger partial charge in [0, 0.05) is 12.7 Å². The molecule has 120 valence electrons. The first-order valence-electron chi connectivity index (χ1n) is 7.44. The lowest BCUT2D eigenvalue weighted by atomic mass is 9.95. The number of aromatic nitrogens is 1. The van der Waals surface area contributed by atoms with Gasteiger partial charge in [-0.25, -0.2) is 0 Å². The van der Waals surface area contributed by atoms with E-state index < -0.39 is 0 Å². The maximum Gasteiger partial charge on any atom is 0.261 e. The molecular formula is C17H18ClN3O2. The Balaban J connectivity index is 1.92. The number of para-hydroxylation sites is 1. The predicted molar refractivity (Wildman–Crippen MR) is 91.6 cm³/mol. The molecule has 0 fully saturated rings. The zero-order valence-corrected chi connectivity index (χ0v) is 13.8. The number of ether oxygens (including phenoxy) is 1. The molecular weight excluding hydrogens is 314 g/mol. The Morgan fingerprint density at radius 3 is 3.04 bits per heavy atom. The summed E-state index contributed by atoms with van der Waals surface area (Å²) in [6.45, 7) is 3.09. The maximum atomic E-state index is 12.6. The molecule has 0 aliphatic carbocycles. The van der Waals surface area contributed by atoms with Crippen molar-refractivity contribution in [3.8, 4) is 5.75 Å². The second-order valence-corrected chi connectivity index (χ2v) is 6.09. The average Bonchev–Trinajstić information content (AvgIpc) is 2.54. The number of carbonyl (C=O) groups excluding carboxylic acids is 1. The van der Waals surface area contributed by atoms with Gasteiger partial charge in [0.25, 0.3) is 5.91 Å². The van der Waals surface area contributed by atoms with Crippen LogP contribution in [0.2, 0.25) is 5.02 Å². The molecule has 1 aromatic carbocycles. The van der Waals surface area contributed by atoms with Crippen molar-refractivity contribution in [2.75, 3.05) is 24.3 Å². The molecule has 5 nitrogen and oxygen atoms in total. The molecule has 0 radical (unpaired) electrons. The first-order chi connectivity index (χ1) is 11.1. The Bertz CT molecular complexity index is 749. The molecule has 1 amide bonds.